The van der Waals surface area contributed by atoms with Crippen molar-refractivity contribution in [1.82, 2.24) is 15.2 Å². The van der Waals surface area contributed by atoms with E-state index in [1.807, 2.05) is 12.1 Å². The maximum Gasteiger partial charge on any atom is 0.123 e. The minimum atomic E-state index is -0.285. The third-order valence-corrected chi connectivity index (χ3v) is 3.98. The van der Waals surface area contributed by atoms with Gasteiger partial charge in [0.1, 0.15) is 11.6 Å². The van der Waals surface area contributed by atoms with Crippen LogP contribution < -0.4 is 0 Å². The lowest BCUT2D eigenvalue weighted by Gasteiger charge is -2.06. The van der Waals surface area contributed by atoms with Crippen molar-refractivity contribution < 1.29 is 8.78 Å². The Labute approximate surface area is 143 Å². The number of hydrogen-bond acceptors (Lipinski definition) is 2. The van der Waals surface area contributed by atoms with Crippen molar-refractivity contribution in [2.24, 2.45) is 0 Å². The van der Waals surface area contributed by atoms with E-state index in [9.17, 15) is 8.78 Å². The van der Waals surface area contributed by atoms with Crippen LogP contribution in [0.15, 0.2) is 73.1 Å². The number of rotatable bonds is 3. The Morgan fingerprint density at radius 2 is 1.36 bits per heavy atom. The van der Waals surface area contributed by atoms with Crippen molar-refractivity contribution in [3.63, 3.8) is 0 Å². The summed E-state index contributed by atoms with van der Waals surface area (Å²) in [5.41, 5.74) is 5.01. The van der Waals surface area contributed by atoms with Crippen molar-refractivity contribution >= 4 is 0 Å². The van der Waals surface area contributed by atoms with Gasteiger partial charge in [0.25, 0.3) is 0 Å². The normalized spacial score (nSPS) is 10.8. The SMILES string of the molecule is Fc1ccc(-c2cc(-c3[nH]ncc3-c3ccc(F)cc3)ccn2)cc1. The van der Waals surface area contributed by atoms with Crippen molar-refractivity contribution in [3.8, 4) is 33.6 Å². The van der Waals surface area contributed by atoms with Gasteiger partial charge in [-0.05, 0) is 54.1 Å². The first-order valence-corrected chi connectivity index (χ1v) is 7.72. The zero-order valence-corrected chi connectivity index (χ0v) is 13.1. The number of aromatic nitrogens is 3. The lowest BCUT2D eigenvalue weighted by Crippen LogP contribution is -1.88. The molecule has 0 fully saturated rings. The van der Waals surface area contributed by atoms with Crippen LogP contribution in [0.2, 0.25) is 0 Å². The number of pyridine rings is 1. The molecule has 3 nitrogen and oxygen atoms in total. The van der Waals surface area contributed by atoms with Gasteiger partial charge >= 0.3 is 0 Å². The van der Waals surface area contributed by atoms with E-state index in [0.717, 1.165) is 33.6 Å². The lowest BCUT2D eigenvalue weighted by molar-refractivity contribution is 0.627. The number of hydrogen-bond donors (Lipinski definition) is 1. The van der Waals surface area contributed by atoms with E-state index in [-0.39, 0.29) is 11.6 Å². The smallest absolute Gasteiger partial charge is 0.123 e. The number of nitrogens with zero attached hydrogens (tertiary/aromatic N) is 2. The fraction of sp³-hybridized carbons (Fsp3) is 0. The summed E-state index contributed by atoms with van der Waals surface area (Å²) in [6.07, 6.45) is 3.41. The number of H-pyrrole nitrogens is 1. The summed E-state index contributed by atoms with van der Waals surface area (Å²) in [6.45, 7) is 0. The van der Waals surface area contributed by atoms with Crippen LogP contribution in [0.3, 0.4) is 0 Å². The summed E-state index contributed by atoms with van der Waals surface area (Å²) in [5.74, 6) is -0.566. The molecule has 0 saturated carbocycles. The Kier molecular flexibility index (Phi) is 3.82. The minimum Gasteiger partial charge on any atom is -0.277 e. The van der Waals surface area contributed by atoms with Gasteiger partial charge in [-0.2, -0.15) is 5.10 Å². The van der Waals surface area contributed by atoms with Gasteiger partial charge in [0.05, 0.1) is 17.6 Å². The van der Waals surface area contributed by atoms with E-state index in [2.05, 4.69) is 15.2 Å². The molecule has 1 N–H and O–H groups in total. The van der Waals surface area contributed by atoms with Crippen LogP contribution in [0.5, 0.6) is 0 Å². The van der Waals surface area contributed by atoms with Gasteiger partial charge in [-0.15, -0.1) is 0 Å². The van der Waals surface area contributed by atoms with Gasteiger partial charge in [-0.1, -0.05) is 12.1 Å². The highest BCUT2D eigenvalue weighted by molar-refractivity contribution is 5.81. The maximum absolute atomic E-state index is 13.2. The molecule has 0 bridgehead atoms. The maximum atomic E-state index is 13.2. The van der Waals surface area contributed by atoms with Crippen molar-refractivity contribution in [1.29, 1.82) is 0 Å². The number of benzene rings is 2. The highest BCUT2D eigenvalue weighted by Gasteiger charge is 2.11. The average molecular weight is 333 g/mol. The zero-order valence-electron chi connectivity index (χ0n) is 13.1. The van der Waals surface area contributed by atoms with Crippen LogP contribution in [0.4, 0.5) is 8.78 Å². The van der Waals surface area contributed by atoms with Gasteiger partial charge < -0.3 is 0 Å². The van der Waals surface area contributed by atoms with Gasteiger partial charge in [-0.25, -0.2) is 8.78 Å². The summed E-state index contributed by atoms with van der Waals surface area (Å²) in [6, 6.07) is 16.2. The van der Waals surface area contributed by atoms with Crippen LogP contribution >= 0.6 is 0 Å². The predicted molar refractivity (Wildman–Crippen MR) is 92.6 cm³/mol. The van der Waals surface area contributed by atoms with Crippen molar-refractivity contribution in [3.05, 3.63) is 84.7 Å². The monoisotopic (exact) mass is 333 g/mol. The van der Waals surface area contributed by atoms with Gasteiger partial charge in [0.15, 0.2) is 0 Å². The van der Waals surface area contributed by atoms with Crippen LogP contribution in [-0.2, 0) is 0 Å². The highest BCUT2D eigenvalue weighted by atomic mass is 19.1. The first kappa shape index (κ1) is 15.2. The molecule has 122 valence electrons. The Hall–Kier alpha value is -3.34. The summed E-state index contributed by atoms with van der Waals surface area (Å²) in [7, 11) is 0. The first-order chi connectivity index (χ1) is 12.2. The molecule has 0 saturated heterocycles. The van der Waals surface area contributed by atoms with E-state index in [4.69, 9.17) is 0 Å². The third kappa shape index (κ3) is 3.04. The van der Waals surface area contributed by atoms with Crippen LogP contribution in [0.25, 0.3) is 33.6 Å². The van der Waals surface area contributed by atoms with Crippen molar-refractivity contribution in [2.75, 3.05) is 0 Å². The molecule has 0 spiro atoms. The molecule has 4 rings (SSSR count). The highest BCUT2D eigenvalue weighted by Crippen LogP contribution is 2.31. The summed E-state index contributed by atoms with van der Waals surface area (Å²) >= 11 is 0. The second-order valence-corrected chi connectivity index (χ2v) is 5.60. The molecule has 2 aromatic heterocycles. The molecule has 0 aliphatic heterocycles. The number of nitrogens with one attached hydrogen (secondary N) is 1. The van der Waals surface area contributed by atoms with Gasteiger partial charge in [-0.3, -0.25) is 10.1 Å². The minimum absolute atomic E-state index is 0.281. The van der Waals surface area contributed by atoms with Crippen LogP contribution in [0.1, 0.15) is 0 Å². The Balaban J connectivity index is 1.76. The molecular formula is C20H13F2N3. The summed E-state index contributed by atoms with van der Waals surface area (Å²) < 4.78 is 26.3. The molecule has 0 amide bonds. The van der Waals surface area contributed by atoms with Gasteiger partial charge in [0.2, 0.25) is 0 Å². The van der Waals surface area contributed by atoms with Crippen LogP contribution in [0, 0.1) is 11.6 Å². The van der Waals surface area contributed by atoms with E-state index in [1.54, 1.807) is 36.7 Å². The molecule has 4 aromatic rings. The molecule has 0 aliphatic carbocycles. The average Bonchev–Trinajstić information content (AvgIpc) is 3.13. The van der Waals surface area contributed by atoms with E-state index < -0.39 is 0 Å². The molecule has 0 aliphatic rings. The lowest BCUT2D eigenvalue weighted by atomic mass is 10.0. The molecular weight excluding hydrogens is 320 g/mol. The Morgan fingerprint density at radius 3 is 2.04 bits per heavy atom. The number of aromatic amines is 1. The fourth-order valence-corrected chi connectivity index (χ4v) is 2.72. The predicted octanol–water partition coefficient (Wildman–Crippen LogP) is 5.08. The summed E-state index contributed by atoms with van der Waals surface area (Å²) in [4.78, 5) is 4.36. The molecule has 2 heterocycles. The Morgan fingerprint density at radius 1 is 0.720 bits per heavy atom. The Bertz CT molecular complexity index is 1010. The largest absolute Gasteiger partial charge is 0.277 e. The molecule has 0 radical (unpaired) electrons. The molecule has 25 heavy (non-hydrogen) atoms. The quantitative estimate of drug-likeness (QED) is 0.568. The molecule has 2 aromatic carbocycles. The molecule has 5 heteroatoms. The third-order valence-electron chi connectivity index (χ3n) is 3.98. The van der Waals surface area contributed by atoms with Crippen LogP contribution in [-0.4, -0.2) is 15.2 Å². The number of halogens is 2. The topological polar surface area (TPSA) is 41.6 Å². The van der Waals surface area contributed by atoms with E-state index >= 15 is 0 Å². The second-order valence-electron chi connectivity index (χ2n) is 5.60. The van der Waals surface area contributed by atoms with E-state index in [0.29, 0.717) is 0 Å². The van der Waals surface area contributed by atoms with Gasteiger partial charge in [0, 0.05) is 22.9 Å². The van der Waals surface area contributed by atoms with E-state index in [1.165, 1.54) is 24.3 Å². The summed E-state index contributed by atoms with van der Waals surface area (Å²) in [5, 5.41) is 7.11. The second kappa shape index (κ2) is 6.28. The standard InChI is InChI=1S/C20H13F2N3/c21-16-5-1-13(2-6-16)18-12-24-25-20(18)15-9-10-23-19(11-15)14-3-7-17(22)8-4-14/h1-12H,(H,24,25). The zero-order chi connectivity index (χ0) is 17.2. The van der Waals surface area contributed by atoms with Crippen molar-refractivity contribution in [2.45, 2.75) is 0 Å². The molecule has 0 atom stereocenters. The fourth-order valence-electron chi connectivity index (χ4n) is 2.72. The first-order valence-electron chi connectivity index (χ1n) is 7.72. The molecule has 0 unspecified atom stereocenters.